The molecule has 0 aliphatic rings. The molecule has 10 nitrogen and oxygen atoms in total. The van der Waals surface area contributed by atoms with Gasteiger partial charge in [-0.05, 0) is 77.9 Å². The van der Waals surface area contributed by atoms with Crippen LogP contribution in [0.25, 0.3) is 0 Å². The number of rotatable bonds is 4. The smallest absolute Gasteiger partial charge is 0.437 e. The van der Waals surface area contributed by atoms with E-state index in [0.29, 0.717) is 10.7 Å². The van der Waals surface area contributed by atoms with Crippen LogP contribution in [-0.2, 0) is 9.47 Å². The maximum atomic E-state index is 12.9. The molecule has 194 valence electrons. The van der Waals surface area contributed by atoms with Gasteiger partial charge in [0.1, 0.15) is 17.0 Å². The summed E-state index contributed by atoms with van der Waals surface area (Å²) in [5.74, 6) is -0.848. The second-order valence-electron chi connectivity index (χ2n) is 9.59. The fourth-order valence-corrected chi connectivity index (χ4v) is 3.01. The normalized spacial score (nSPS) is 11.9. The van der Waals surface area contributed by atoms with E-state index in [0.717, 1.165) is 4.90 Å². The maximum Gasteiger partial charge on any atom is 0.437 e. The van der Waals surface area contributed by atoms with Crippen molar-refractivity contribution >= 4 is 47.1 Å². The Kier molecular flexibility index (Phi) is 8.93. The monoisotopic (exact) mass is 518 g/mol. The van der Waals surface area contributed by atoms with Crippen LogP contribution in [0.3, 0.4) is 0 Å². The van der Waals surface area contributed by atoms with Gasteiger partial charge in [-0.25, -0.2) is 19.3 Å². The summed E-state index contributed by atoms with van der Waals surface area (Å²) in [4.78, 5) is 42.2. The predicted octanol–water partition coefficient (Wildman–Crippen LogP) is 5.59. The molecule has 11 heteroatoms. The lowest BCUT2D eigenvalue weighted by Gasteiger charge is -2.27. The molecule has 2 aromatic rings. The minimum Gasteiger partial charge on any atom is -0.443 e. The van der Waals surface area contributed by atoms with Crippen LogP contribution in [0.5, 0.6) is 5.75 Å². The zero-order chi connectivity index (χ0) is 27.3. The fourth-order valence-electron chi connectivity index (χ4n) is 2.74. The van der Waals surface area contributed by atoms with E-state index in [9.17, 15) is 14.4 Å². The first-order valence-corrected chi connectivity index (χ1v) is 11.4. The van der Waals surface area contributed by atoms with Crippen LogP contribution in [0.2, 0.25) is 5.02 Å². The zero-order valence-corrected chi connectivity index (χ0v) is 22.1. The number of guanidine groups is 1. The third-order valence-electron chi connectivity index (χ3n) is 4.19. The number of carbonyl (C=O) groups is 3. The molecule has 3 N–H and O–H groups in total. The number of esters is 1. The fraction of sp³-hybridized carbons (Fsp3) is 0.360. The summed E-state index contributed by atoms with van der Waals surface area (Å²) in [6.45, 7) is 10.0. The van der Waals surface area contributed by atoms with Crippen LogP contribution in [0.15, 0.2) is 47.5 Å². The molecule has 2 rings (SSSR count). The lowest BCUT2D eigenvalue weighted by atomic mass is 10.2. The van der Waals surface area contributed by atoms with Gasteiger partial charge in [-0.3, -0.25) is 0 Å². The van der Waals surface area contributed by atoms with Gasteiger partial charge < -0.3 is 25.3 Å². The molecule has 0 unspecified atom stereocenters. The molecule has 2 aromatic carbocycles. The Hall–Kier alpha value is -3.79. The third-order valence-corrected chi connectivity index (χ3v) is 4.50. The number of amides is 2. The van der Waals surface area contributed by atoms with Gasteiger partial charge in [0.25, 0.3) is 0 Å². The molecule has 2 amide bonds. The summed E-state index contributed by atoms with van der Waals surface area (Å²) in [6, 6.07) is 10.5. The van der Waals surface area contributed by atoms with Gasteiger partial charge in [-0.15, -0.1) is 4.99 Å². The average molecular weight is 519 g/mol. The number of benzene rings is 2. The van der Waals surface area contributed by atoms with Gasteiger partial charge in [0, 0.05) is 13.1 Å². The second-order valence-corrected chi connectivity index (χ2v) is 10.0. The summed E-state index contributed by atoms with van der Waals surface area (Å²) >= 11 is 6.13. The Morgan fingerprint density at radius 2 is 1.53 bits per heavy atom. The lowest BCUT2D eigenvalue weighted by molar-refractivity contribution is 0.0599. The van der Waals surface area contributed by atoms with E-state index >= 15 is 0 Å². The van der Waals surface area contributed by atoms with E-state index in [1.165, 1.54) is 30.3 Å². The molecule has 36 heavy (non-hydrogen) atoms. The Morgan fingerprint density at radius 3 is 2.03 bits per heavy atom. The van der Waals surface area contributed by atoms with E-state index in [4.69, 9.17) is 31.5 Å². The molecular weight excluding hydrogens is 488 g/mol. The summed E-state index contributed by atoms with van der Waals surface area (Å²) < 4.78 is 15.9. The van der Waals surface area contributed by atoms with Gasteiger partial charge in [0.15, 0.2) is 0 Å². The van der Waals surface area contributed by atoms with Crippen LogP contribution in [0.1, 0.15) is 51.9 Å². The van der Waals surface area contributed by atoms with E-state index < -0.39 is 35.3 Å². The van der Waals surface area contributed by atoms with Crippen molar-refractivity contribution in [2.45, 2.75) is 52.7 Å². The Balaban J connectivity index is 2.31. The van der Waals surface area contributed by atoms with Crippen molar-refractivity contribution in [3.05, 3.63) is 53.1 Å². The highest BCUT2D eigenvalue weighted by molar-refractivity contribution is 6.33. The molecule has 0 heterocycles. The molecule has 0 saturated heterocycles. The van der Waals surface area contributed by atoms with Crippen molar-refractivity contribution in [2.24, 2.45) is 10.7 Å². The van der Waals surface area contributed by atoms with E-state index in [-0.39, 0.29) is 17.0 Å². The predicted molar refractivity (Wildman–Crippen MR) is 139 cm³/mol. The number of hydrogen-bond donors (Lipinski definition) is 2. The van der Waals surface area contributed by atoms with E-state index in [2.05, 4.69) is 10.3 Å². The number of ether oxygens (including phenoxy) is 3. The standard InChI is InChI=1S/C25H31ClN4O6/c1-24(2,3)35-22(32)29-21(27)30(23(33)36-25(4,5)6)16-10-8-15(9-11-16)20(31)34-17-12-13-19(28-7)18(26)14-17/h8-14,28H,1-7H3,(H2,27,29,32). The highest BCUT2D eigenvalue weighted by Crippen LogP contribution is 2.27. The van der Waals surface area contributed by atoms with Gasteiger partial charge in [0.2, 0.25) is 5.96 Å². The summed E-state index contributed by atoms with van der Waals surface area (Å²) in [6.07, 6.45) is -1.85. The van der Waals surface area contributed by atoms with Crippen LogP contribution in [0.4, 0.5) is 21.0 Å². The second kappa shape index (κ2) is 11.3. The Labute approximate surface area is 215 Å². The highest BCUT2D eigenvalue weighted by atomic mass is 35.5. The molecule has 0 spiro atoms. The number of anilines is 2. The van der Waals surface area contributed by atoms with Crippen LogP contribution in [-0.4, -0.2) is 42.4 Å². The SMILES string of the molecule is CNc1ccc(OC(=O)c2ccc(N(C(=O)OC(C)(C)C)C(N)=NC(=O)OC(C)(C)C)cc2)cc1Cl. The van der Waals surface area contributed by atoms with Crippen molar-refractivity contribution in [3.63, 3.8) is 0 Å². The molecule has 0 bridgehead atoms. The van der Waals surface area contributed by atoms with Gasteiger partial charge >= 0.3 is 18.2 Å². The van der Waals surface area contributed by atoms with Crippen molar-refractivity contribution in [3.8, 4) is 5.75 Å². The number of nitrogens with two attached hydrogens (primary N) is 1. The lowest BCUT2D eigenvalue weighted by Crippen LogP contribution is -2.45. The van der Waals surface area contributed by atoms with Crippen molar-refractivity contribution in [1.82, 2.24) is 0 Å². The first-order valence-electron chi connectivity index (χ1n) is 11.0. The van der Waals surface area contributed by atoms with Gasteiger partial charge in [-0.2, -0.15) is 0 Å². The number of nitrogens with one attached hydrogen (secondary N) is 1. The van der Waals surface area contributed by atoms with E-state index in [1.54, 1.807) is 60.7 Å². The van der Waals surface area contributed by atoms with Crippen molar-refractivity contribution < 1.29 is 28.6 Å². The maximum absolute atomic E-state index is 12.9. The summed E-state index contributed by atoms with van der Waals surface area (Å²) in [5.41, 5.74) is 5.42. The van der Waals surface area contributed by atoms with Gasteiger partial charge in [-0.1, -0.05) is 11.6 Å². The zero-order valence-electron chi connectivity index (χ0n) is 21.3. The van der Waals surface area contributed by atoms with Gasteiger partial charge in [0.05, 0.1) is 22.0 Å². The molecule has 0 aliphatic carbocycles. The van der Waals surface area contributed by atoms with E-state index in [1.807, 2.05) is 0 Å². The largest absolute Gasteiger partial charge is 0.443 e. The number of nitrogens with zero attached hydrogens (tertiary/aromatic N) is 2. The molecule has 0 aliphatic heterocycles. The van der Waals surface area contributed by atoms with Crippen molar-refractivity contribution in [2.75, 3.05) is 17.3 Å². The molecule has 0 saturated carbocycles. The molecule has 0 atom stereocenters. The minimum absolute atomic E-state index is 0.194. The van der Waals surface area contributed by atoms with Crippen LogP contribution in [0, 0.1) is 0 Å². The quantitative estimate of drug-likeness (QED) is 0.231. The Morgan fingerprint density at radius 1 is 0.944 bits per heavy atom. The highest BCUT2D eigenvalue weighted by Gasteiger charge is 2.28. The molecular formula is C25H31ClN4O6. The van der Waals surface area contributed by atoms with Crippen molar-refractivity contribution in [1.29, 1.82) is 0 Å². The minimum atomic E-state index is -0.975. The van der Waals surface area contributed by atoms with Crippen LogP contribution < -0.4 is 20.7 Å². The number of aliphatic imine (C=N–C) groups is 1. The number of carbonyl (C=O) groups excluding carboxylic acids is 3. The Bertz CT molecular complexity index is 1150. The molecule has 0 fully saturated rings. The average Bonchev–Trinajstić information content (AvgIpc) is 2.71. The number of hydrogen-bond acceptors (Lipinski definition) is 7. The summed E-state index contributed by atoms with van der Waals surface area (Å²) in [7, 11) is 1.72. The topological polar surface area (TPSA) is 133 Å². The first kappa shape index (κ1) is 28.4. The first-order chi connectivity index (χ1) is 16.6. The number of halogens is 1. The van der Waals surface area contributed by atoms with Crippen LogP contribution >= 0.6 is 11.6 Å². The molecule has 0 radical (unpaired) electrons. The third kappa shape index (κ3) is 8.46. The summed E-state index contributed by atoms with van der Waals surface area (Å²) in [5, 5.41) is 3.31. The molecule has 0 aromatic heterocycles.